The van der Waals surface area contributed by atoms with E-state index in [1.165, 1.54) is 6.07 Å². The maximum absolute atomic E-state index is 14.3. The number of aliphatic imine (C=N–C) groups is 1. The number of rotatable bonds is 1. The average molecular weight is 346 g/mol. The van der Waals surface area contributed by atoms with Crippen LogP contribution in [0.3, 0.4) is 0 Å². The fourth-order valence-corrected chi connectivity index (χ4v) is 3.06. The summed E-state index contributed by atoms with van der Waals surface area (Å²) in [7, 11) is 0. The van der Waals surface area contributed by atoms with E-state index in [0.29, 0.717) is 27.9 Å². The summed E-state index contributed by atoms with van der Waals surface area (Å²) in [5.74, 6) is -0.331. The van der Waals surface area contributed by atoms with Crippen molar-refractivity contribution in [3.63, 3.8) is 0 Å². The zero-order chi connectivity index (χ0) is 16.0. The average Bonchev–Trinajstić information content (AvgIpc) is 2.82. The lowest BCUT2D eigenvalue weighted by molar-refractivity contribution is 0.625. The maximum Gasteiger partial charge on any atom is 0.132 e. The van der Waals surface area contributed by atoms with Crippen LogP contribution in [-0.4, -0.2) is 15.5 Å². The molecule has 0 bridgehead atoms. The number of aromatic nitrogens is 2. The van der Waals surface area contributed by atoms with Gasteiger partial charge in [0.25, 0.3) is 0 Å². The molecule has 0 saturated carbocycles. The van der Waals surface area contributed by atoms with Gasteiger partial charge in [0.15, 0.2) is 0 Å². The zero-order valence-electron chi connectivity index (χ0n) is 11.8. The van der Waals surface area contributed by atoms with Crippen molar-refractivity contribution >= 4 is 28.9 Å². The van der Waals surface area contributed by atoms with Crippen LogP contribution in [0.2, 0.25) is 10.0 Å². The second-order valence-electron chi connectivity index (χ2n) is 5.16. The normalized spacial score (nSPS) is 13.1. The van der Waals surface area contributed by atoms with Crippen molar-refractivity contribution in [2.45, 2.75) is 6.54 Å². The molecule has 0 spiro atoms. The maximum atomic E-state index is 14.3. The van der Waals surface area contributed by atoms with Crippen molar-refractivity contribution in [3.05, 3.63) is 81.3 Å². The summed E-state index contributed by atoms with van der Waals surface area (Å²) in [4.78, 5) is 4.58. The standard InChI is InChI=1S/C17H10Cl2FN3/c18-10-5-6-15-12(7-10)17(11-3-1-2-4-14(11)20)21-9-16-13(19)8-22-23(15)16/h1-8H,9H2. The summed E-state index contributed by atoms with van der Waals surface area (Å²) in [5.41, 5.74) is 3.23. The highest BCUT2D eigenvalue weighted by Gasteiger charge is 2.23. The van der Waals surface area contributed by atoms with Crippen LogP contribution in [0.5, 0.6) is 0 Å². The minimum Gasteiger partial charge on any atom is -0.277 e. The Morgan fingerprint density at radius 1 is 1.04 bits per heavy atom. The van der Waals surface area contributed by atoms with Gasteiger partial charge in [0.1, 0.15) is 5.82 Å². The summed E-state index contributed by atoms with van der Waals surface area (Å²) in [5, 5.41) is 5.39. The van der Waals surface area contributed by atoms with E-state index in [1.807, 2.05) is 6.07 Å². The molecule has 0 saturated heterocycles. The van der Waals surface area contributed by atoms with E-state index < -0.39 is 0 Å². The molecule has 0 aliphatic carbocycles. The number of hydrogen-bond donors (Lipinski definition) is 0. The summed E-state index contributed by atoms with van der Waals surface area (Å²) in [6.07, 6.45) is 1.58. The first-order valence-corrected chi connectivity index (χ1v) is 7.73. The van der Waals surface area contributed by atoms with Gasteiger partial charge in [-0.3, -0.25) is 4.99 Å². The SMILES string of the molecule is Fc1ccccc1C1=NCc2c(Cl)cnn2-c2ccc(Cl)cc21. The number of nitrogens with zero attached hydrogens (tertiary/aromatic N) is 3. The third-order valence-electron chi connectivity index (χ3n) is 3.78. The van der Waals surface area contributed by atoms with Crippen LogP contribution in [0.25, 0.3) is 5.69 Å². The Morgan fingerprint density at radius 2 is 1.87 bits per heavy atom. The molecule has 23 heavy (non-hydrogen) atoms. The second kappa shape index (κ2) is 5.48. The number of hydrogen-bond acceptors (Lipinski definition) is 2. The Morgan fingerprint density at radius 3 is 2.70 bits per heavy atom. The third kappa shape index (κ3) is 2.35. The monoisotopic (exact) mass is 345 g/mol. The number of halogens is 3. The molecule has 6 heteroatoms. The Balaban J connectivity index is 2.02. The smallest absolute Gasteiger partial charge is 0.132 e. The van der Waals surface area contributed by atoms with E-state index in [4.69, 9.17) is 23.2 Å². The molecule has 0 fully saturated rings. The third-order valence-corrected chi connectivity index (χ3v) is 4.33. The van der Waals surface area contributed by atoms with Gasteiger partial charge in [-0.2, -0.15) is 5.10 Å². The van der Waals surface area contributed by atoms with Crippen LogP contribution in [0.4, 0.5) is 4.39 Å². The summed E-state index contributed by atoms with van der Waals surface area (Å²) >= 11 is 12.4. The van der Waals surface area contributed by atoms with Gasteiger partial charge >= 0.3 is 0 Å². The fraction of sp³-hybridized carbons (Fsp3) is 0.0588. The summed E-state index contributed by atoms with van der Waals surface area (Å²) in [6.45, 7) is 0.314. The Labute approximate surface area is 142 Å². The molecule has 0 unspecified atom stereocenters. The molecular formula is C17H10Cl2FN3. The van der Waals surface area contributed by atoms with Gasteiger partial charge in [0, 0.05) is 16.1 Å². The number of fused-ring (bicyclic) bond motifs is 3. The molecule has 0 amide bonds. The summed E-state index contributed by atoms with van der Waals surface area (Å²) in [6, 6.07) is 11.9. The molecule has 1 aliphatic rings. The van der Waals surface area contributed by atoms with Gasteiger partial charge in [0.05, 0.1) is 34.9 Å². The fourth-order valence-electron chi connectivity index (χ4n) is 2.71. The van der Waals surface area contributed by atoms with Crippen molar-refractivity contribution in [1.82, 2.24) is 9.78 Å². The van der Waals surface area contributed by atoms with Crippen molar-refractivity contribution in [2.24, 2.45) is 4.99 Å². The van der Waals surface area contributed by atoms with Crippen LogP contribution in [-0.2, 0) is 6.54 Å². The molecular weight excluding hydrogens is 336 g/mol. The molecule has 0 atom stereocenters. The first-order valence-electron chi connectivity index (χ1n) is 6.97. The van der Waals surface area contributed by atoms with Crippen LogP contribution in [0.15, 0.2) is 53.7 Å². The van der Waals surface area contributed by atoms with E-state index in [0.717, 1.165) is 16.9 Å². The van der Waals surface area contributed by atoms with Gasteiger partial charge in [-0.15, -0.1) is 0 Å². The Bertz CT molecular complexity index is 947. The molecule has 114 valence electrons. The van der Waals surface area contributed by atoms with Crippen LogP contribution in [0.1, 0.15) is 16.8 Å². The topological polar surface area (TPSA) is 30.2 Å². The van der Waals surface area contributed by atoms with Gasteiger partial charge in [0.2, 0.25) is 0 Å². The minimum atomic E-state index is -0.331. The molecule has 3 nitrogen and oxygen atoms in total. The molecule has 1 aromatic heterocycles. The highest BCUT2D eigenvalue weighted by molar-refractivity contribution is 6.32. The quantitative estimate of drug-likeness (QED) is 0.630. The van der Waals surface area contributed by atoms with Crippen molar-refractivity contribution in [3.8, 4) is 5.69 Å². The van der Waals surface area contributed by atoms with E-state index in [2.05, 4.69) is 10.1 Å². The lowest BCUT2D eigenvalue weighted by Gasteiger charge is -2.12. The largest absolute Gasteiger partial charge is 0.277 e. The van der Waals surface area contributed by atoms with Gasteiger partial charge < -0.3 is 0 Å². The lowest BCUT2D eigenvalue weighted by atomic mass is 10.00. The molecule has 4 rings (SSSR count). The predicted molar refractivity (Wildman–Crippen MR) is 89.3 cm³/mol. The molecule has 2 aromatic carbocycles. The van der Waals surface area contributed by atoms with Crippen LogP contribution < -0.4 is 0 Å². The molecule has 2 heterocycles. The second-order valence-corrected chi connectivity index (χ2v) is 6.00. The van der Waals surface area contributed by atoms with Gasteiger partial charge in [-0.05, 0) is 30.3 Å². The highest BCUT2D eigenvalue weighted by Crippen LogP contribution is 2.30. The molecule has 3 aromatic rings. The predicted octanol–water partition coefficient (Wildman–Crippen LogP) is 4.67. The van der Waals surface area contributed by atoms with Crippen LogP contribution >= 0.6 is 23.2 Å². The van der Waals surface area contributed by atoms with Gasteiger partial charge in [-0.1, -0.05) is 35.3 Å². The minimum absolute atomic E-state index is 0.314. The zero-order valence-corrected chi connectivity index (χ0v) is 13.3. The molecule has 0 radical (unpaired) electrons. The Hall–Kier alpha value is -2.17. The van der Waals surface area contributed by atoms with E-state index >= 15 is 0 Å². The lowest BCUT2D eigenvalue weighted by Crippen LogP contribution is -2.09. The first-order chi connectivity index (χ1) is 11.1. The Kier molecular flexibility index (Phi) is 3.43. The van der Waals surface area contributed by atoms with Crippen LogP contribution in [0, 0.1) is 5.82 Å². The molecule has 1 aliphatic heterocycles. The van der Waals surface area contributed by atoms with Gasteiger partial charge in [-0.25, -0.2) is 9.07 Å². The van der Waals surface area contributed by atoms with Crippen molar-refractivity contribution < 1.29 is 4.39 Å². The molecule has 0 N–H and O–H groups in total. The highest BCUT2D eigenvalue weighted by atomic mass is 35.5. The van der Waals surface area contributed by atoms with E-state index in [-0.39, 0.29) is 5.82 Å². The van der Waals surface area contributed by atoms with E-state index in [9.17, 15) is 4.39 Å². The van der Waals surface area contributed by atoms with Crippen molar-refractivity contribution in [1.29, 1.82) is 0 Å². The van der Waals surface area contributed by atoms with Crippen molar-refractivity contribution in [2.75, 3.05) is 0 Å². The summed E-state index contributed by atoms with van der Waals surface area (Å²) < 4.78 is 16.0. The first kappa shape index (κ1) is 14.4. The number of benzene rings is 2. The van der Waals surface area contributed by atoms with E-state index in [1.54, 1.807) is 41.2 Å².